The van der Waals surface area contributed by atoms with E-state index in [1.807, 2.05) is 0 Å². The number of aromatic nitrogens is 2. The van der Waals surface area contributed by atoms with Crippen molar-refractivity contribution < 1.29 is 27.1 Å². The maximum Gasteiger partial charge on any atom is 0.416 e. The zero-order valence-corrected chi connectivity index (χ0v) is 16.3. The minimum Gasteiger partial charge on any atom is -0.492 e. The summed E-state index contributed by atoms with van der Waals surface area (Å²) >= 11 is 0. The van der Waals surface area contributed by atoms with Crippen molar-refractivity contribution in [2.45, 2.75) is 13.1 Å². The van der Waals surface area contributed by atoms with E-state index in [9.17, 15) is 22.4 Å². The van der Waals surface area contributed by atoms with Crippen molar-refractivity contribution in [1.82, 2.24) is 14.7 Å². The Labute approximate surface area is 170 Å². The van der Waals surface area contributed by atoms with E-state index in [2.05, 4.69) is 5.10 Å². The van der Waals surface area contributed by atoms with Crippen molar-refractivity contribution >= 4 is 5.91 Å². The molecule has 0 saturated carbocycles. The van der Waals surface area contributed by atoms with Crippen molar-refractivity contribution in [2.24, 2.45) is 0 Å². The van der Waals surface area contributed by atoms with E-state index in [1.165, 1.54) is 52.2 Å². The fraction of sp³-hybridized carbons (Fsp3) is 0.238. The Morgan fingerprint density at radius 2 is 1.87 bits per heavy atom. The number of alkyl halides is 3. The average Bonchev–Trinajstić information content (AvgIpc) is 3.09. The molecule has 9 heteroatoms. The molecule has 30 heavy (non-hydrogen) atoms. The Morgan fingerprint density at radius 3 is 2.53 bits per heavy atom. The molecule has 0 aliphatic carbocycles. The smallest absolute Gasteiger partial charge is 0.416 e. The molecule has 1 amide bonds. The number of carbonyl (C=O) groups excluding carboxylic acids is 1. The van der Waals surface area contributed by atoms with Crippen LogP contribution >= 0.6 is 0 Å². The number of rotatable bonds is 6. The number of likely N-dealkylation sites (N-methyl/N-ethyl adjacent to an activating group) is 1. The Kier molecular flexibility index (Phi) is 6.09. The Balaban J connectivity index is 1.68. The van der Waals surface area contributed by atoms with Crippen molar-refractivity contribution in [1.29, 1.82) is 0 Å². The summed E-state index contributed by atoms with van der Waals surface area (Å²) in [6, 6.07) is 10.3. The number of benzene rings is 2. The quantitative estimate of drug-likeness (QED) is 0.551. The van der Waals surface area contributed by atoms with Crippen molar-refractivity contribution in [3.8, 4) is 11.4 Å². The van der Waals surface area contributed by atoms with Gasteiger partial charge in [-0.3, -0.25) is 4.79 Å². The first-order valence-corrected chi connectivity index (χ1v) is 9.03. The highest BCUT2D eigenvalue weighted by molar-refractivity contribution is 5.95. The van der Waals surface area contributed by atoms with Gasteiger partial charge in [0.15, 0.2) is 0 Å². The third-order valence-electron chi connectivity index (χ3n) is 4.51. The number of hydrogen-bond acceptors (Lipinski definition) is 3. The van der Waals surface area contributed by atoms with Crippen LogP contribution in [0.5, 0.6) is 5.75 Å². The predicted octanol–water partition coefficient (Wildman–Crippen LogP) is 4.49. The van der Waals surface area contributed by atoms with E-state index in [-0.39, 0.29) is 36.1 Å². The molecular formula is C21H19F4N3O2. The van der Waals surface area contributed by atoms with E-state index >= 15 is 0 Å². The van der Waals surface area contributed by atoms with Crippen LogP contribution < -0.4 is 4.74 Å². The van der Waals surface area contributed by atoms with Crippen molar-refractivity contribution in [2.75, 3.05) is 20.2 Å². The monoisotopic (exact) mass is 421 g/mol. The molecule has 1 heterocycles. The number of carbonyl (C=O) groups is 1. The third-order valence-corrected chi connectivity index (χ3v) is 4.51. The maximum atomic E-state index is 13.0. The second-order valence-electron chi connectivity index (χ2n) is 6.63. The molecule has 0 fully saturated rings. The van der Waals surface area contributed by atoms with Crippen molar-refractivity contribution in [3.05, 3.63) is 77.4 Å². The van der Waals surface area contributed by atoms with Gasteiger partial charge in [0.05, 0.1) is 35.2 Å². The average molecular weight is 421 g/mol. The van der Waals surface area contributed by atoms with E-state index < -0.39 is 11.7 Å². The second-order valence-corrected chi connectivity index (χ2v) is 6.63. The Bertz CT molecular complexity index is 1030. The molecule has 0 saturated heterocycles. The van der Waals surface area contributed by atoms with E-state index in [0.717, 1.165) is 12.1 Å². The molecule has 158 valence electrons. The first-order valence-electron chi connectivity index (χ1n) is 9.03. The lowest BCUT2D eigenvalue weighted by Crippen LogP contribution is -2.31. The standard InChI is InChI=1S/C21H19F4N3O2/c1-14-19(13-26-28(14)17-5-3-4-15(12-17)21(23,24)25)20(29)27(2)10-11-30-18-8-6-16(22)7-9-18/h3-9,12-13H,10-11H2,1-2H3. The highest BCUT2D eigenvalue weighted by Gasteiger charge is 2.30. The normalized spacial score (nSPS) is 11.4. The van der Waals surface area contributed by atoms with Gasteiger partial charge in [-0.1, -0.05) is 6.07 Å². The molecule has 1 aromatic heterocycles. The van der Waals surface area contributed by atoms with Gasteiger partial charge in [-0.05, 0) is 49.4 Å². The van der Waals surface area contributed by atoms with Gasteiger partial charge >= 0.3 is 6.18 Å². The summed E-state index contributed by atoms with van der Waals surface area (Å²) in [7, 11) is 1.58. The molecule has 0 radical (unpaired) electrons. The summed E-state index contributed by atoms with van der Waals surface area (Å²) in [5.41, 5.74) is 0.115. The first-order chi connectivity index (χ1) is 14.2. The van der Waals surface area contributed by atoms with Gasteiger partial charge < -0.3 is 9.64 Å². The lowest BCUT2D eigenvalue weighted by atomic mass is 10.2. The van der Waals surface area contributed by atoms with Gasteiger partial charge in [0.2, 0.25) is 0 Å². The van der Waals surface area contributed by atoms with Gasteiger partial charge in [0, 0.05) is 7.05 Å². The molecule has 0 bridgehead atoms. The van der Waals surface area contributed by atoms with Gasteiger partial charge in [-0.25, -0.2) is 9.07 Å². The minimum absolute atomic E-state index is 0.189. The topological polar surface area (TPSA) is 47.4 Å². The molecular weight excluding hydrogens is 402 g/mol. The molecule has 3 aromatic rings. The number of halogens is 4. The molecule has 0 aliphatic rings. The predicted molar refractivity (Wildman–Crippen MR) is 102 cm³/mol. The lowest BCUT2D eigenvalue weighted by Gasteiger charge is -2.17. The van der Waals surface area contributed by atoms with Crippen LogP contribution in [0.3, 0.4) is 0 Å². The fourth-order valence-electron chi connectivity index (χ4n) is 2.83. The molecule has 2 aromatic carbocycles. The number of ether oxygens (including phenoxy) is 1. The second kappa shape index (κ2) is 8.56. The largest absolute Gasteiger partial charge is 0.492 e. The summed E-state index contributed by atoms with van der Waals surface area (Å²) in [6.07, 6.45) is -3.14. The Morgan fingerprint density at radius 1 is 1.17 bits per heavy atom. The number of hydrogen-bond donors (Lipinski definition) is 0. The van der Waals surface area contributed by atoms with Crippen LogP contribution in [0.2, 0.25) is 0 Å². The summed E-state index contributed by atoms with van der Waals surface area (Å²) < 4.78 is 58.6. The highest BCUT2D eigenvalue weighted by Crippen LogP contribution is 2.30. The van der Waals surface area contributed by atoms with Crippen LogP contribution in [0, 0.1) is 12.7 Å². The molecule has 3 rings (SSSR count). The van der Waals surface area contributed by atoms with Crippen LogP contribution in [0.1, 0.15) is 21.6 Å². The summed E-state index contributed by atoms with van der Waals surface area (Å²) in [4.78, 5) is 14.1. The van der Waals surface area contributed by atoms with Gasteiger partial charge in [0.1, 0.15) is 18.2 Å². The summed E-state index contributed by atoms with van der Waals surface area (Å²) in [5.74, 6) is -0.234. The Hall–Kier alpha value is -3.36. The fourth-order valence-corrected chi connectivity index (χ4v) is 2.83. The van der Waals surface area contributed by atoms with Gasteiger partial charge in [-0.15, -0.1) is 0 Å². The van der Waals surface area contributed by atoms with Gasteiger partial charge in [-0.2, -0.15) is 18.3 Å². The molecule has 0 spiro atoms. The zero-order valence-electron chi connectivity index (χ0n) is 16.3. The van der Waals surface area contributed by atoms with Crippen LogP contribution in [0.4, 0.5) is 17.6 Å². The van der Waals surface area contributed by atoms with E-state index in [1.54, 1.807) is 14.0 Å². The van der Waals surface area contributed by atoms with Crippen LogP contribution in [0.15, 0.2) is 54.7 Å². The van der Waals surface area contributed by atoms with Gasteiger partial charge in [0.25, 0.3) is 5.91 Å². The molecule has 0 N–H and O–H groups in total. The minimum atomic E-state index is -4.47. The summed E-state index contributed by atoms with van der Waals surface area (Å²) in [6.45, 7) is 2.06. The summed E-state index contributed by atoms with van der Waals surface area (Å²) in [5, 5.41) is 4.08. The molecule has 0 aliphatic heterocycles. The maximum absolute atomic E-state index is 13.0. The SMILES string of the molecule is Cc1c(C(=O)N(C)CCOc2ccc(F)cc2)cnn1-c1cccc(C(F)(F)F)c1. The molecule has 0 unspecified atom stereocenters. The molecule has 5 nitrogen and oxygen atoms in total. The number of amides is 1. The molecule has 0 atom stereocenters. The third kappa shape index (κ3) is 4.79. The zero-order chi connectivity index (χ0) is 21.9. The van der Waals surface area contributed by atoms with Crippen molar-refractivity contribution in [3.63, 3.8) is 0 Å². The first kappa shape index (κ1) is 21.4. The highest BCUT2D eigenvalue weighted by atomic mass is 19.4. The lowest BCUT2D eigenvalue weighted by molar-refractivity contribution is -0.137. The van der Waals surface area contributed by atoms with E-state index in [0.29, 0.717) is 11.4 Å². The van der Waals surface area contributed by atoms with Crippen LogP contribution in [-0.4, -0.2) is 40.8 Å². The van der Waals surface area contributed by atoms with Crippen LogP contribution in [0.25, 0.3) is 5.69 Å². The number of nitrogens with zero attached hydrogens (tertiary/aromatic N) is 3. The van der Waals surface area contributed by atoms with E-state index in [4.69, 9.17) is 4.74 Å². The van der Waals surface area contributed by atoms with Crippen LogP contribution in [-0.2, 0) is 6.18 Å².